The minimum absolute atomic E-state index is 0.280. The van der Waals surface area contributed by atoms with Crippen LogP contribution in [0.15, 0.2) is 42.5 Å². The van der Waals surface area contributed by atoms with Crippen molar-refractivity contribution < 1.29 is 14.3 Å². The number of carbonyl (C=O) groups excluding carboxylic acids is 1. The summed E-state index contributed by atoms with van der Waals surface area (Å²) in [5.41, 5.74) is 2.73. The lowest BCUT2D eigenvalue weighted by Crippen LogP contribution is -2.16. The van der Waals surface area contributed by atoms with Crippen molar-refractivity contribution in [2.24, 2.45) is 0 Å². The summed E-state index contributed by atoms with van der Waals surface area (Å²) in [5.74, 6) is 0.0370. The molecule has 0 heterocycles. The van der Waals surface area contributed by atoms with Crippen molar-refractivity contribution in [1.29, 1.82) is 0 Å². The zero-order valence-corrected chi connectivity index (χ0v) is 11.8. The first-order chi connectivity index (χ1) is 9.67. The van der Waals surface area contributed by atoms with Crippen LogP contribution in [0.1, 0.15) is 22.6 Å². The fraction of sp³-hybridized carbons (Fsp3) is 0.235. The van der Waals surface area contributed by atoms with Gasteiger partial charge < -0.3 is 9.47 Å². The molecule has 2 aromatic rings. The highest BCUT2D eigenvalue weighted by atomic mass is 16.5. The van der Waals surface area contributed by atoms with Crippen LogP contribution >= 0.6 is 0 Å². The van der Waals surface area contributed by atoms with Gasteiger partial charge in [-0.3, -0.25) is 4.79 Å². The van der Waals surface area contributed by atoms with E-state index in [1.54, 1.807) is 7.11 Å². The second-order valence-corrected chi connectivity index (χ2v) is 4.48. The monoisotopic (exact) mass is 269 g/mol. The van der Waals surface area contributed by atoms with Gasteiger partial charge in [0.25, 0.3) is 0 Å². The normalized spacial score (nSPS) is 11.8. The Morgan fingerprint density at radius 3 is 2.40 bits per heavy atom. The van der Waals surface area contributed by atoms with Gasteiger partial charge in [-0.1, -0.05) is 30.3 Å². The highest BCUT2D eigenvalue weighted by Gasteiger charge is 2.24. The lowest BCUT2D eigenvalue weighted by atomic mass is 9.88. The smallest absolute Gasteiger partial charge is 0.317 e. The van der Waals surface area contributed by atoms with Crippen molar-refractivity contribution in [3.05, 3.63) is 65.2 Å². The Labute approximate surface area is 119 Å². The van der Waals surface area contributed by atoms with E-state index < -0.39 is 5.92 Å². The predicted octanol–water partition coefficient (Wildman–Crippen LogP) is 3.11. The number of carbonyl (C=O) groups is 1. The van der Waals surface area contributed by atoms with Crippen molar-refractivity contribution in [1.82, 2.24) is 0 Å². The van der Waals surface area contributed by atoms with Gasteiger partial charge in [0.15, 0.2) is 0 Å². The number of ether oxygens (including phenoxy) is 2. The van der Waals surface area contributed by atoms with Crippen LogP contribution in [0, 0.1) is 13.0 Å². The summed E-state index contributed by atoms with van der Waals surface area (Å²) in [6, 6.07) is 16.2. The Bertz CT molecular complexity index is 587. The van der Waals surface area contributed by atoms with E-state index in [9.17, 15) is 4.79 Å². The third-order valence-corrected chi connectivity index (χ3v) is 3.30. The molecule has 3 nitrogen and oxygen atoms in total. The first kappa shape index (κ1) is 14.1. The van der Waals surface area contributed by atoms with Gasteiger partial charge in [0.1, 0.15) is 11.7 Å². The number of esters is 1. The molecular formula is C17H17O3. The van der Waals surface area contributed by atoms with Gasteiger partial charge in [0.05, 0.1) is 14.2 Å². The summed E-state index contributed by atoms with van der Waals surface area (Å²) in [6.45, 7) is 1.94. The first-order valence-corrected chi connectivity index (χ1v) is 6.36. The van der Waals surface area contributed by atoms with Crippen molar-refractivity contribution in [2.75, 3.05) is 14.2 Å². The molecule has 1 atom stereocenters. The van der Waals surface area contributed by atoms with Crippen LogP contribution < -0.4 is 4.74 Å². The number of benzene rings is 2. The van der Waals surface area contributed by atoms with Gasteiger partial charge in [0.2, 0.25) is 0 Å². The van der Waals surface area contributed by atoms with E-state index in [0.717, 1.165) is 22.4 Å². The van der Waals surface area contributed by atoms with Gasteiger partial charge >= 0.3 is 5.97 Å². The fourth-order valence-electron chi connectivity index (χ4n) is 2.20. The summed E-state index contributed by atoms with van der Waals surface area (Å²) in [6.07, 6.45) is 0. The minimum atomic E-state index is -0.441. The Morgan fingerprint density at radius 1 is 1.15 bits per heavy atom. The van der Waals surface area contributed by atoms with Gasteiger partial charge in [-0.25, -0.2) is 0 Å². The lowest BCUT2D eigenvalue weighted by molar-refractivity contribution is -0.141. The fourth-order valence-corrected chi connectivity index (χ4v) is 2.20. The average molecular weight is 269 g/mol. The Kier molecular flexibility index (Phi) is 4.41. The van der Waals surface area contributed by atoms with Crippen LogP contribution in [0.2, 0.25) is 0 Å². The zero-order valence-electron chi connectivity index (χ0n) is 11.8. The van der Waals surface area contributed by atoms with Crippen molar-refractivity contribution in [3.8, 4) is 5.75 Å². The van der Waals surface area contributed by atoms with E-state index in [-0.39, 0.29) is 5.97 Å². The molecule has 0 amide bonds. The largest absolute Gasteiger partial charge is 0.497 e. The van der Waals surface area contributed by atoms with Crippen LogP contribution in [0.4, 0.5) is 0 Å². The van der Waals surface area contributed by atoms with Gasteiger partial charge in [0, 0.05) is 0 Å². The minimum Gasteiger partial charge on any atom is -0.497 e. The maximum absolute atomic E-state index is 12.2. The van der Waals surface area contributed by atoms with Crippen LogP contribution in [-0.4, -0.2) is 20.2 Å². The summed E-state index contributed by atoms with van der Waals surface area (Å²) >= 11 is 0. The molecule has 2 rings (SSSR count). The number of methoxy groups -OCH3 is 2. The Hall–Kier alpha value is -2.29. The van der Waals surface area contributed by atoms with Crippen LogP contribution in [-0.2, 0) is 9.53 Å². The molecule has 0 spiro atoms. The van der Waals surface area contributed by atoms with Crippen molar-refractivity contribution in [3.63, 3.8) is 0 Å². The summed E-state index contributed by atoms with van der Waals surface area (Å²) < 4.78 is 10.1. The molecule has 0 fully saturated rings. The maximum atomic E-state index is 12.2. The highest BCUT2D eigenvalue weighted by molar-refractivity contribution is 5.82. The van der Waals surface area contributed by atoms with E-state index in [4.69, 9.17) is 9.47 Å². The molecule has 20 heavy (non-hydrogen) atoms. The van der Waals surface area contributed by atoms with Gasteiger partial charge in [-0.2, -0.15) is 0 Å². The molecule has 0 aliphatic heterocycles. The van der Waals surface area contributed by atoms with Gasteiger partial charge in [-0.05, 0) is 41.8 Å². The quantitative estimate of drug-likeness (QED) is 0.800. The number of rotatable bonds is 4. The Morgan fingerprint density at radius 2 is 1.85 bits per heavy atom. The molecule has 0 aliphatic carbocycles. The van der Waals surface area contributed by atoms with E-state index in [1.807, 2.05) is 49.4 Å². The molecule has 0 saturated heterocycles. The molecule has 0 bridgehead atoms. The molecule has 0 saturated carbocycles. The van der Waals surface area contributed by atoms with Crippen LogP contribution in [0.25, 0.3) is 0 Å². The predicted molar refractivity (Wildman–Crippen MR) is 76.9 cm³/mol. The third-order valence-electron chi connectivity index (χ3n) is 3.30. The third kappa shape index (κ3) is 2.82. The maximum Gasteiger partial charge on any atom is 0.317 e. The van der Waals surface area contributed by atoms with E-state index in [0.29, 0.717) is 0 Å². The molecule has 0 aliphatic rings. The molecule has 1 radical (unpaired) electrons. The number of aryl methyl sites for hydroxylation is 1. The molecule has 3 heteroatoms. The molecule has 103 valence electrons. The van der Waals surface area contributed by atoms with Crippen LogP contribution in [0.5, 0.6) is 5.75 Å². The highest BCUT2D eigenvalue weighted by Crippen LogP contribution is 2.29. The molecular weight excluding hydrogens is 252 g/mol. The average Bonchev–Trinajstić information content (AvgIpc) is 2.50. The number of hydrogen-bond donors (Lipinski definition) is 0. The SMILES string of the molecule is COC(=O)C(c1ccc(OC)cc1)c1ccc[c]c1C. The second-order valence-electron chi connectivity index (χ2n) is 4.48. The zero-order chi connectivity index (χ0) is 14.5. The van der Waals surface area contributed by atoms with E-state index in [1.165, 1.54) is 7.11 Å². The second kappa shape index (κ2) is 6.24. The topological polar surface area (TPSA) is 35.5 Å². The molecule has 0 N–H and O–H groups in total. The van der Waals surface area contributed by atoms with Crippen molar-refractivity contribution >= 4 is 5.97 Å². The Balaban J connectivity index is 2.47. The van der Waals surface area contributed by atoms with E-state index in [2.05, 4.69) is 6.07 Å². The summed E-state index contributed by atoms with van der Waals surface area (Å²) in [7, 11) is 3.02. The standard InChI is InChI=1S/C17H17O3/c1-12-6-4-5-7-15(12)16(17(18)20-3)13-8-10-14(19-2)11-9-13/h4-5,7-11,16H,1-3H3. The summed E-state index contributed by atoms with van der Waals surface area (Å²) in [4.78, 5) is 12.2. The molecule has 2 aromatic carbocycles. The van der Waals surface area contributed by atoms with Crippen LogP contribution in [0.3, 0.4) is 0 Å². The first-order valence-electron chi connectivity index (χ1n) is 6.36. The number of hydrogen-bond acceptors (Lipinski definition) is 3. The van der Waals surface area contributed by atoms with Gasteiger partial charge in [-0.15, -0.1) is 0 Å². The summed E-state index contributed by atoms with van der Waals surface area (Å²) in [5, 5.41) is 0. The molecule has 0 aromatic heterocycles. The molecule has 1 unspecified atom stereocenters. The van der Waals surface area contributed by atoms with Crippen molar-refractivity contribution in [2.45, 2.75) is 12.8 Å². The lowest BCUT2D eigenvalue weighted by Gasteiger charge is -2.17. The van der Waals surface area contributed by atoms with E-state index >= 15 is 0 Å².